The number of hydrogen-bond donors (Lipinski definition) is 0. The van der Waals surface area contributed by atoms with Gasteiger partial charge in [0.15, 0.2) is 6.23 Å². The van der Waals surface area contributed by atoms with Crippen molar-refractivity contribution in [2.24, 2.45) is 0 Å². The second kappa shape index (κ2) is 4.95. The van der Waals surface area contributed by atoms with Crippen LogP contribution >= 0.6 is 0 Å². The fourth-order valence-corrected chi connectivity index (χ4v) is 1.37. The molecule has 1 unspecified atom stereocenters. The summed E-state index contributed by atoms with van der Waals surface area (Å²) in [5, 5.41) is 0. The molecular weight excluding hydrogens is 186 g/mol. The molecule has 0 saturated carbocycles. The molecule has 1 aliphatic rings. The lowest BCUT2D eigenvalue weighted by Gasteiger charge is -2.26. The molecule has 1 aliphatic heterocycles. The van der Waals surface area contributed by atoms with Crippen LogP contribution in [-0.4, -0.2) is 42.8 Å². The SMILES string of the molecule is CCN(CC)C1COC(=O)CC(=O)O1. The Balaban J connectivity index is 2.60. The minimum absolute atomic E-state index is 0.131. The number of carbonyl (C=O) groups excluding carboxylic acids is 2. The Labute approximate surface area is 83.0 Å². The van der Waals surface area contributed by atoms with Gasteiger partial charge >= 0.3 is 11.9 Å². The maximum Gasteiger partial charge on any atom is 0.318 e. The van der Waals surface area contributed by atoms with Crippen molar-refractivity contribution in [3.05, 3.63) is 0 Å². The molecule has 1 saturated heterocycles. The van der Waals surface area contributed by atoms with Gasteiger partial charge in [0.05, 0.1) is 0 Å². The highest BCUT2D eigenvalue weighted by Gasteiger charge is 2.27. The quantitative estimate of drug-likeness (QED) is 0.480. The van der Waals surface area contributed by atoms with Crippen molar-refractivity contribution < 1.29 is 19.1 Å². The van der Waals surface area contributed by atoms with Gasteiger partial charge in [0.2, 0.25) is 0 Å². The second-order valence-electron chi connectivity index (χ2n) is 3.03. The Morgan fingerprint density at radius 1 is 1.29 bits per heavy atom. The molecule has 1 atom stereocenters. The van der Waals surface area contributed by atoms with Gasteiger partial charge < -0.3 is 9.47 Å². The maximum atomic E-state index is 11.1. The highest BCUT2D eigenvalue weighted by molar-refractivity contribution is 5.91. The van der Waals surface area contributed by atoms with E-state index in [0.717, 1.165) is 13.1 Å². The van der Waals surface area contributed by atoms with E-state index in [0.29, 0.717) is 0 Å². The summed E-state index contributed by atoms with van der Waals surface area (Å²) in [6.45, 7) is 5.57. The highest BCUT2D eigenvalue weighted by atomic mass is 16.6. The highest BCUT2D eigenvalue weighted by Crippen LogP contribution is 2.08. The third kappa shape index (κ3) is 2.70. The summed E-state index contributed by atoms with van der Waals surface area (Å²) in [7, 11) is 0. The third-order valence-electron chi connectivity index (χ3n) is 2.16. The second-order valence-corrected chi connectivity index (χ2v) is 3.03. The van der Waals surface area contributed by atoms with Crippen molar-refractivity contribution in [1.29, 1.82) is 0 Å². The van der Waals surface area contributed by atoms with E-state index < -0.39 is 18.2 Å². The van der Waals surface area contributed by atoms with E-state index in [1.165, 1.54) is 0 Å². The van der Waals surface area contributed by atoms with Gasteiger partial charge in [0, 0.05) is 0 Å². The summed E-state index contributed by atoms with van der Waals surface area (Å²) in [5.74, 6) is -1.02. The van der Waals surface area contributed by atoms with Crippen molar-refractivity contribution in [3.8, 4) is 0 Å². The Bertz CT molecular complexity index is 225. The zero-order valence-corrected chi connectivity index (χ0v) is 8.49. The van der Waals surface area contributed by atoms with Crippen molar-refractivity contribution in [2.75, 3.05) is 19.7 Å². The van der Waals surface area contributed by atoms with Crippen molar-refractivity contribution in [1.82, 2.24) is 4.90 Å². The first-order valence-corrected chi connectivity index (χ1v) is 4.76. The largest absolute Gasteiger partial charge is 0.460 e. The summed E-state index contributed by atoms with van der Waals surface area (Å²) >= 11 is 0. The van der Waals surface area contributed by atoms with Crippen LogP contribution in [0.3, 0.4) is 0 Å². The zero-order valence-electron chi connectivity index (χ0n) is 8.49. The zero-order chi connectivity index (χ0) is 10.6. The average molecular weight is 201 g/mol. The van der Waals surface area contributed by atoms with Crippen LogP contribution in [0.1, 0.15) is 20.3 Å². The van der Waals surface area contributed by atoms with Crippen LogP contribution in [0, 0.1) is 0 Å². The molecule has 1 fully saturated rings. The number of nitrogens with zero attached hydrogens (tertiary/aromatic N) is 1. The van der Waals surface area contributed by atoms with Gasteiger partial charge in [-0.1, -0.05) is 13.8 Å². The molecule has 5 heteroatoms. The molecule has 0 aromatic heterocycles. The van der Waals surface area contributed by atoms with Crippen LogP contribution in [0.5, 0.6) is 0 Å². The molecule has 5 nitrogen and oxygen atoms in total. The lowest BCUT2D eigenvalue weighted by atomic mass is 10.4. The van der Waals surface area contributed by atoms with Gasteiger partial charge in [-0.3, -0.25) is 14.5 Å². The molecule has 0 aliphatic carbocycles. The predicted octanol–water partition coefficient (Wildman–Crippen LogP) is 0.144. The Hall–Kier alpha value is -1.10. The number of hydrogen-bond acceptors (Lipinski definition) is 5. The Morgan fingerprint density at radius 3 is 2.50 bits per heavy atom. The molecule has 0 N–H and O–H groups in total. The van der Waals surface area contributed by atoms with Gasteiger partial charge in [-0.2, -0.15) is 0 Å². The fraction of sp³-hybridized carbons (Fsp3) is 0.778. The van der Waals surface area contributed by atoms with Crippen LogP contribution in [0.4, 0.5) is 0 Å². The van der Waals surface area contributed by atoms with E-state index in [4.69, 9.17) is 9.47 Å². The van der Waals surface area contributed by atoms with Crippen LogP contribution < -0.4 is 0 Å². The number of carbonyl (C=O) groups is 2. The van der Waals surface area contributed by atoms with E-state index in [9.17, 15) is 9.59 Å². The molecule has 0 aromatic rings. The minimum Gasteiger partial charge on any atom is -0.460 e. The molecule has 0 bridgehead atoms. The first kappa shape index (κ1) is 11.0. The molecule has 14 heavy (non-hydrogen) atoms. The van der Waals surface area contributed by atoms with Crippen molar-refractivity contribution in [2.45, 2.75) is 26.5 Å². The molecule has 0 amide bonds. The van der Waals surface area contributed by atoms with Gasteiger partial charge in [-0.05, 0) is 13.1 Å². The first-order valence-electron chi connectivity index (χ1n) is 4.76. The lowest BCUT2D eigenvalue weighted by Crippen LogP contribution is -2.40. The number of cyclic esters (lactones) is 2. The number of rotatable bonds is 3. The van der Waals surface area contributed by atoms with Crippen LogP contribution in [0.2, 0.25) is 0 Å². The van der Waals surface area contributed by atoms with Gasteiger partial charge in [0.25, 0.3) is 0 Å². The Kier molecular flexibility index (Phi) is 3.88. The average Bonchev–Trinajstić information content (AvgIpc) is 2.30. The minimum atomic E-state index is -0.510. The molecule has 80 valence electrons. The summed E-state index contributed by atoms with van der Waals surface area (Å²) in [6.07, 6.45) is -0.707. The van der Waals surface area contributed by atoms with Gasteiger partial charge in [0.1, 0.15) is 13.0 Å². The number of likely N-dealkylation sites (N-methyl/N-ethyl adjacent to an activating group) is 1. The lowest BCUT2D eigenvalue weighted by molar-refractivity contribution is -0.158. The number of esters is 2. The van der Waals surface area contributed by atoms with E-state index in [1.54, 1.807) is 0 Å². The molecule has 0 aromatic carbocycles. The molecule has 1 heterocycles. The van der Waals surface area contributed by atoms with Crippen molar-refractivity contribution in [3.63, 3.8) is 0 Å². The summed E-state index contributed by atoms with van der Waals surface area (Å²) < 4.78 is 9.91. The molecule has 0 spiro atoms. The smallest absolute Gasteiger partial charge is 0.318 e. The van der Waals surface area contributed by atoms with Crippen LogP contribution in [0.15, 0.2) is 0 Å². The fourth-order valence-electron chi connectivity index (χ4n) is 1.37. The van der Waals surface area contributed by atoms with E-state index >= 15 is 0 Å². The predicted molar refractivity (Wildman–Crippen MR) is 48.4 cm³/mol. The maximum absolute atomic E-state index is 11.1. The van der Waals surface area contributed by atoms with E-state index in [-0.39, 0.29) is 13.0 Å². The van der Waals surface area contributed by atoms with Gasteiger partial charge in [-0.25, -0.2) is 0 Å². The van der Waals surface area contributed by atoms with Crippen molar-refractivity contribution >= 4 is 11.9 Å². The molecular formula is C9H15NO4. The monoisotopic (exact) mass is 201 g/mol. The molecule has 1 rings (SSSR count). The molecule has 0 radical (unpaired) electrons. The van der Waals surface area contributed by atoms with Gasteiger partial charge in [-0.15, -0.1) is 0 Å². The topological polar surface area (TPSA) is 55.8 Å². The summed E-state index contributed by atoms with van der Waals surface area (Å²) in [6, 6.07) is 0. The number of ether oxygens (including phenoxy) is 2. The standard InChI is InChI=1S/C9H15NO4/c1-3-10(4-2)7-6-13-8(11)5-9(12)14-7/h7H,3-6H2,1-2H3. The summed E-state index contributed by atoms with van der Waals surface area (Å²) in [5.41, 5.74) is 0. The third-order valence-corrected chi connectivity index (χ3v) is 2.16. The van der Waals surface area contributed by atoms with E-state index in [2.05, 4.69) is 0 Å². The first-order chi connectivity index (χ1) is 6.67. The Morgan fingerprint density at radius 2 is 1.93 bits per heavy atom. The van der Waals surface area contributed by atoms with E-state index in [1.807, 2.05) is 18.7 Å². The summed E-state index contributed by atoms with van der Waals surface area (Å²) in [4.78, 5) is 23.9. The normalized spacial score (nSPS) is 22.9. The van der Waals surface area contributed by atoms with Crippen LogP contribution in [0.25, 0.3) is 0 Å². The van der Waals surface area contributed by atoms with Crippen LogP contribution in [-0.2, 0) is 19.1 Å².